The molecule has 1 aromatic heterocycles. The Morgan fingerprint density at radius 3 is 2.79 bits per heavy atom. The molecule has 7 heteroatoms. The Morgan fingerprint density at radius 1 is 1.33 bits per heavy atom. The molecule has 0 spiro atoms. The van der Waals surface area contributed by atoms with Gasteiger partial charge >= 0.3 is 11.9 Å². The summed E-state index contributed by atoms with van der Waals surface area (Å²) in [5.74, 6) is 0.135. The van der Waals surface area contributed by atoms with Crippen molar-refractivity contribution in [2.24, 2.45) is 5.92 Å². The van der Waals surface area contributed by atoms with E-state index in [1.807, 2.05) is 4.68 Å². The monoisotopic (exact) mass is 335 g/mol. The summed E-state index contributed by atoms with van der Waals surface area (Å²) in [7, 11) is 1.40. The first-order chi connectivity index (χ1) is 11.6. The molecular formula is C17H25N3O4. The molecule has 0 saturated heterocycles. The van der Waals surface area contributed by atoms with Gasteiger partial charge in [-0.2, -0.15) is 5.10 Å². The van der Waals surface area contributed by atoms with Crippen LogP contribution in [0.15, 0.2) is 0 Å². The molecule has 0 atom stereocenters. The van der Waals surface area contributed by atoms with Crippen molar-refractivity contribution in [3.63, 3.8) is 0 Å². The van der Waals surface area contributed by atoms with E-state index in [0.29, 0.717) is 37.7 Å². The first kappa shape index (κ1) is 17.0. The number of aromatic nitrogens is 2. The standard InChI is InChI=1S/C17H25N3O4/c1-3-24-17(22)16-13-11-19(9-7-15(21)23-2)8-6-14(13)20(18-16)10-12-4-5-12/h12H,3-11H2,1-2H3. The molecule has 1 aliphatic carbocycles. The van der Waals surface area contributed by atoms with Crippen LogP contribution in [0.3, 0.4) is 0 Å². The number of hydrogen-bond acceptors (Lipinski definition) is 6. The molecule has 0 radical (unpaired) electrons. The van der Waals surface area contributed by atoms with Crippen molar-refractivity contribution in [3.8, 4) is 0 Å². The highest BCUT2D eigenvalue weighted by Crippen LogP contribution is 2.32. The van der Waals surface area contributed by atoms with Crippen LogP contribution in [0.2, 0.25) is 0 Å². The van der Waals surface area contributed by atoms with Gasteiger partial charge in [0.1, 0.15) is 0 Å². The molecule has 1 fully saturated rings. The highest BCUT2D eigenvalue weighted by atomic mass is 16.5. The summed E-state index contributed by atoms with van der Waals surface area (Å²) in [6, 6.07) is 0. The van der Waals surface area contributed by atoms with Gasteiger partial charge in [-0.05, 0) is 25.7 Å². The van der Waals surface area contributed by atoms with Gasteiger partial charge in [0, 0.05) is 43.9 Å². The Kier molecular flexibility index (Phi) is 5.18. The largest absolute Gasteiger partial charge is 0.469 e. The molecule has 0 amide bonds. The lowest BCUT2D eigenvalue weighted by Gasteiger charge is -2.27. The first-order valence-electron chi connectivity index (χ1n) is 8.67. The van der Waals surface area contributed by atoms with E-state index in [1.54, 1.807) is 6.92 Å². The maximum Gasteiger partial charge on any atom is 0.359 e. The van der Waals surface area contributed by atoms with Gasteiger partial charge in [0.25, 0.3) is 0 Å². The number of esters is 2. The van der Waals surface area contributed by atoms with Crippen LogP contribution >= 0.6 is 0 Å². The number of hydrogen-bond donors (Lipinski definition) is 0. The second kappa shape index (κ2) is 7.34. The molecule has 0 bridgehead atoms. The van der Waals surface area contributed by atoms with Crippen molar-refractivity contribution in [3.05, 3.63) is 17.0 Å². The van der Waals surface area contributed by atoms with Crippen LogP contribution in [-0.4, -0.2) is 53.4 Å². The molecule has 2 heterocycles. The zero-order chi connectivity index (χ0) is 17.1. The SMILES string of the molecule is CCOC(=O)c1nn(CC2CC2)c2c1CN(CCC(=O)OC)CC2. The zero-order valence-electron chi connectivity index (χ0n) is 14.4. The van der Waals surface area contributed by atoms with Gasteiger partial charge in [0.05, 0.1) is 20.1 Å². The maximum atomic E-state index is 12.3. The van der Waals surface area contributed by atoms with Crippen molar-refractivity contribution in [1.29, 1.82) is 0 Å². The normalized spacial score (nSPS) is 17.4. The third-order valence-corrected chi connectivity index (χ3v) is 4.67. The highest BCUT2D eigenvalue weighted by Gasteiger charge is 2.31. The van der Waals surface area contributed by atoms with Crippen LogP contribution in [0.4, 0.5) is 0 Å². The molecule has 24 heavy (non-hydrogen) atoms. The Labute approximate surface area is 141 Å². The number of rotatable bonds is 7. The van der Waals surface area contributed by atoms with Crippen molar-refractivity contribution < 1.29 is 19.1 Å². The highest BCUT2D eigenvalue weighted by molar-refractivity contribution is 5.89. The minimum absolute atomic E-state index is 0.212. The molecule has 1 aromatic rings. The minimum atomic E-state index is -0.349. The lowest BCUT2D eigenvalue weighted by Crippen LogP contribution is -2.33. The van der Waals surface area contributed by atoms with E-state index in [1.165, 1.54) is 20.0 Å². The molecule has 3 rings (SSSR count). The smallest absolute Gasteiger partial charge is 0.359 e. The number of ether oxygens (including phenoxy) is 2. The summed E-state index contributed by atoms with van der Waals surface area (Å²) in [5.41, 5.74) is 2.56. The Hall–Kier alpha value is -1.89. The predicted molar refractivity (Wildman–Crippen MR) is 86.5 cm³/mol. The van der Waals surface area contributed by atoms with E-state index in [4.69, 9.17) is 9.47 Å². The zero-order valence-corrected chi connectivity index (χ0v) is 14.4. The first-order valence-corrected chi connectivity index (χ1v) is 8.67. The average molecular weight is 335 g/mol. The van der Waals surface area contributed by atoms with E-state index in [-0.39, 0.29) is 11.9 Å². The van der Waals surface area contributed by atoms with Crippen molar-refractivity contribution >= 4 is 11.9 Å². The summed E-state index contributed by atoms with van der Waals surface area (Å²) in [6.07, 6.45) is 3.69. The summed E-state index contributed by atoms with van der Waals surface area (Å²) >= 11 is 0. The van der Waals surface area contributed by atoms with Crippen LogP contribution in [-0.2, 0) is 33.8 Å². The van der Waals surface area contributed by atoms with Gasteiger partial charge in [0.2, 0.25) is 0 Å². The van der Waals surface area contributed by atoms with Gasteiger partial charge in [-0.25, -0.2) is 4.79 Å². The van der Waals surface area contributed by atoms with Crippen LogP contribution < -0.4 is 0 Å². The second-order valence-electron chi connectivity index (χ2n) is 6.47. The minimum Gasteiger partial charge on any atom is -0.469 e. The lowest BCUT2D eigenvalue weighted by molar-refractivity contribution is -0.141. The van der Waals surface area contributed by atoms with Gasteiger partial charge in [-0.3, -0.25) is 14.4 Å². The molecule has 0 unspecified atom stereocenters. The molecule has 7 nitrogen and oxygen atoms in total. The predicted octanol–water partition coefficient (Wildman–Crippen LogP) is 1.39. The number of fused-ring (bicyclic) bond motifs is 1. The summed E-state index contributed by atoms with van der Waals surface area (Å²) in [5, 5.41) is 4.56. The average Bonchev–Trinajstić information content (AvgIpc) is 3.33. The molecule has 0 N–H and O–H groups in total. The van der Waals surface area contributed by atoms with Gasteiger partial charge in [-0.1, -0.05) is 0 Å². The van der Waals surface area contributed by atoms with E-state index in [0.717, 1.165) is 30.8 Å². The fourth-order valence-electron chi connectivity index (χ4n) is 3.15. The number of methoxy groups -OCH3 is 1. The number of carbonyl (C=O) groups is 2. The molecule has 1 saturated carbocycles. The molecular weight excluding hydrogens is 310 g/mol. The van der Waals surface area contributed by atoms with Crippen LogP contribution in [0.25, 0.3) is 0 Å². The van der Waals surface area contributed by atoms with Gasteiger partial charge in [0.15, 0.2) is 5.69 Å². The number of nitrogens with zero attached hydrogens (tertiary/aromatic N) is 3. The summed E-state index contributed by atoms with van der Waals surface area (Å²) in [6.45, 7) is 5.16. The van der Waals surface area contributed by atoms with E-state index >= 15 is 0 Å². The second-order valence-corrected chi connectivity index (χ2v) is 6.47. The maximum absolute atomic E-state index is 12.3. The Balaban J connectivity index is 1.77. The van der Waals surface area contributed by atoms with E-state index in [9.17, 15) is 9.59 Å². The Morgan fingerprint density at radius 2 is 2.12 bits per heavy atom. The van der Waals surface area contributed by atoms with E-state index < -0.39 is 0 Å². The fourth-order valence-corrected chi connectivity index (χ4v) is 3.15. The van der Waals surface area contributed by atoms with Gasteiger partial charge in [-0.15, -0.1) is 0 Å². The molecule has 132 valence electrons. The van der Waals surface area contributed by atoms with Crippen LogP contribution in [0, 0.1) is 5.92 Å². The quantitative estimate of drug-likeness (QED) is 0.701. The van der Waals surface area contributed by atoms with E-state index in [2.05, 4.69) is 10.00 Å². The van der Waals surface area contributed by atoms with Crippen molar-refractivity contribution in [1.82, 2.24) is 14.7 Å². The van der Waals surface area contributed by atoms with Crippen LogP contribution in [0.1, 0.15) is 47.9 Å². The summed E-state index contributed by atoms with van der Waals surface area (Å²) < 4.78 is 11.9. The van der Waals surface area contributed by atoms with Crippen LogP contribution in [0.5, 0.6) is 0 Å². The lowest BCUT2D eigenvalue weighted by atomic mass is 10.0. The number of carbonyl (C=O) groups excluding carboxylic acids is 2. The molecule has 2 aliphatic rings. The molecule has 0 aromatic carbocycles. The van der Waals surface area contributed by atoms with Crippen molar-refractivity contribution in [2.75, 3.05) is 26.8 Å². The Bertz CT molecular complexity index is 622. The topological polar surface area (TPSA) is 73.7 Å². The third-order valence-electron chi connectivity index (χ3n) is 4.67. The third kappa shape index (κ3) is 3.77. The molecule has 1 aliphatic heterocycles. The fraction of sp³-hybridized carbons (Fsp3) is 0.706. The van der Waals surface area contributed by atoms with Crippen molar-refractivity contribution in [2.45, 2.75) is 45.7 Å². The summed E-state index contributed by atoms with van der Waals surface area (Å²) in [4.78, 5) is 25.8. The van der Waals surface area contributed by atoms with Gasteiger partial charge < -0.3 is 9.47 Å².